The second-order valence-electron chi connectivity index (χ2n) is 6.70. The highest BCUT2D eigenvalue weighted by atomic mass is 16.6. The molecule has 0 spiro atoms. The minimum atomic E-state index is -0.963. The summed E-state index contributed by atoms with van der Waals surface area (Å²) in [6, 6.07) is 14.8. The molecule has 0 bridgehead atoms. The molecule has 0 fully saturated rings. The number of ketones is 1. The summed E-state index contributed by atoms with van der Waals surface area (Å²) in [5, 5.41) is 1.59. The predicted molar refractivity (Wildman–Crippen MR) is 109 cm³/mol. The van der Waals surface area contributed by atoms with Crippen molar-refractivity contribution in [2.45, 2.75) is 26.6 Å². The summed E-state index contributed by atoms with van der Waals surface area (Å²) in [6.45, 7) is 4.17. The van der Waals surface area contributed by atoms with E-state index in [4.69, 9.17) is 13.9 Å². The fraction of sp³-hybridized carbons (Fsp3) is 0.217. The summed E-state index contributed by atoms with van der Waals surface area (Å²) >= 11 is 0. The quantitative estimate of drug-likeness (QED) is 0.359. The maximum absolute atomic E-state index is 12.9. The molecule has 0 aliphatic rings. The first kappa shape index (κ1) is 19.0. The van der Waals surface area contributed by atoms with Crippen LogP contribution in [0.4, 0.5) is 0 Å². The average molecular weight is 391 g/mol. The molecule has 6 nitrogen and oxygen atoms in total. The van der Waals surface area contributed by atoms with Crippen LogP contribution in [0.2, 0.25) is 0 Å². The van der Waals surface area contributed by atoms with Gasteiger partial charge in [0.1, 0.15) is 5.58 Å². The number of hydrogen-bond donors (Lipinski definition) is 1. The van der Waals surface area contributed by atoms with Gasteiger partial charge in [-0.25, -0.2) is 4.79 Å². The van der Waals surface area contributed by atoms with Gasteiger partial charge in [-0.1, -0.05) is 36.4 Å². The third kappa shape index (κ3) is 3.54. The number of aromatic amines is 1. The second-order valence-corrected chi connectivity index (χ2v) is 6.70. The van der Waals surface area contributed by atoms with E-state index in [0.29, 0.717) is 23.3 Å². The lowest BCUT2D eigenvalue weighted by atomic mass is 10.1. The first-order valence-electron chi connectivity index (χ1n) is 9.49. The molecule has 0 amide bonds. The van der Waals surface area contributed by atoms with Crippen LogP contribution in [-0.4, -0.2) is 29.4 Å². The number of H-pyrrole nitrogens is 1. The number of ether oxygens (including phenoxy) is 2. The van der Waals surface area contributed by atoms with Gasteiger partial charge in [0, 0.05) is 40.2 Å². The van der Waals surface area contributed by atoms with Gasteiger partial charge in [-0.3, -0.25) is 4.79 Å². The lowest BCUT2D eigenvalue weighted by molar-refractivity contribution is 0.0286. The van der Waals surface area contributed by atoms with E-state index in [0.717, 1.165) is 16.3 Å². The topological polar surface area (TPSA) is 81.5 Å². The normalized spacial score (nSPS) is 12.3. The van der Waals surface area contributed by atoms with Crippen molar-refractivity contribution in [2.24, 2.45) is 0 Å². The van der Waals surface area contributed by atoms with Crippen LogP contribution in [0.15, 0.2) is 59.1 Å². The summed E-state index contributed by atoms with van der Waals surface area (Å²) in [4.78, 5) is 28.7. The van der Waals surface area contributed by atoms with Crippen LogP contribution < -0.4 is 0 Å². The molecule has 1 atom stereocenters. The molecule has 2 aromatic heterocycles. The first-order chi connectivity index (χ1) is 14.1. The first-order valence-corrected chi connectivity index (χ1v) is 9.49. The van der Waals surface area contributed by atoms with Gasteiger partial charge in [-0.2, -0.15) is 0 Å². The van der Waals surface area contributed by atoms with Crippen LogP contribution in [0.3, 0.4) is 0 Å². The number of rotatable bonds is 7. The van der Waals surface area contributed by atoms with E-state index in [2.05, 4.69) is 4.98 Å². The molecule has 4 rings (SSSR count). The maximum Gasteiger partial charge on any atom is 0.375 e. The summed E-state index contributed by atoms with van der Waals surface area (Å²) in [5.41, 5.74) is 2.54. The van der Waals surface area contributed by atoms with E-state index in [1.807, 2.05) is 49.4 Å². The Morgan fingerprint density at radius 2 is 1.79 bits per heavy atom. The molecule has 1 N–H and O–H groups in total. The van der Waals surface area contributed by atoms with Gasteiger partial charge in [-0.15, -0.1) is 0 Å². The van der Waals surface area contributed by atoms with Crippen LogP contribution in [0, 0.1) is 0 Å². The molecule has 0 saturated carbocycles. The van der Waals surface area contributed by atoms with Crippen molar-refractivity contribution in [3.8, 4) is 0 Å². The summed E-state index contributed by atoms with van der Waals surface area (Å²) in [6.07, 6.45) is 0.675. The lowest BCUT2D eigenvalue weighted by Crippen LogP contribution is -2.24. The third-order valence-electron chi connectivity index (χ3n) is 4.84. The highest BCUT2D eigenvalue weighted by Gasteiger charge is 2.27. The standard InChI is InChI=1S/C23H21NO5/c1-3-27-13-18-16-9-5-7-11-20(16)29-22(18)23(26)28-14(2)21(25)17-12-24-19-10-6-4-8-15(17)19/h4-12,14,24H,3,13H2,1-2H3/t14-/m0/s1. The Labute approximate surface area is 167 Å². The molecular formula is C23H21NO5. The van der Waals surface area contributed by atoms with Crippen LogP contribution in [0.5, 0.6) is 0 Å². The Morgan fingerprint density at radius 3 is 2.59 bits per heavy atom. The number of nitrogens with one attached hydrogen (secondary N) is 1. The highest BCUT2D eigenvalue weighted by Crippen LogP contribution is 2.28. The van der Waals surface area contributed by atoms with Crippen LogP contribution in [0.25, 0.3) is 21.9 Å². The van der Waals surface area contributed by atoms with Gasteiger partial charge in [0.05, 0.1) is 6.61 Å². The van der Waals surface area contributed by atoms with Crippen LogP contribution >= 0.6 is 0 Å². The van der Waals surface area contributed by atoms with Gasteiger partial charge >= 0.3 is 5.97 Å². The molecule has 29 heavy (non-hydrogen) atoms. The van der Waals surface area contributed by atoms with Crippen molar-refractivity contribution in [2.75, 3.05) is 6.61 Å². The molecule has 0 unspecified atom stereocenters. The molecule has 148 valence electrons. The molecule has 0 saturated heterocycles. The zero-order chi connectivity index (χ0) is 20.4. The Bertz CT molecular complexity index is 1190. The number of furan rings is 1. The number of Topliss-reactive ketones (excluding diaryl/α,β-unsaturated/α-hetero) is 1. The van der Waals surface area contributed by atoms with Gasteiger partial charge in [0.25, 0.3) is 0 Å². The van der Waals surface area contributed by atoms with Gasteiger partial charge < -0.3 is 18.9 Å². The monoisotopic (exact) mass is 391 g/mol. The molecule has 6 heteroatoms. The van der Waals surface area contributed by atoms with E-state index >= 15 is 0 Å². The van der Waals surface area contributed by atoms with E-state index in [9.17, 15) is 9.59 Å². The Hall–Kier alpha value is -3.38. The molecule has 2 heterocycles. The maximum atomic E-state index is 12.9. The van der Waals surface area contributed by atoms with Gasteiger partial charge in [0.15, 0.2) is 6.10 Å². The van der Waals surface area contributed by atoms with Crippen LogP contribution in [-0.2, 0) is 16.1 Å². The van der Waals surface area contributed by atoms with Gasteiger partial charge in [-0.05, 0) is 26.0 Å². The van der Waals surface area contributed by atoms with Gasteiger partial charge in [0.2, 0.25) is 11.5 Å². The number of hydrogen-bond acceptors (Lipinski definition) is 5. The van der Waals surface area contributed by atoms with Crippen LogP contribution in [0.1, 0.15) is 40.3 Å². The number of fused-ring (bicyclic) bond motifs is 2. The van der Waals surface area contributed by atoms with E-state index < -0.39 is 12.1 Å². The fourth-order valence-electron chi connectivity index (χ4n) is 3.37. The smallest absolute Gasteiger partial charge is 0.375 e. The SMILES string of the molecule is CCOCc1c(C(=O)O[C@@H](C)C(=O)c2c[nH]c3ccccc23)oc2ccccc12. The zero-order valence-electron chi connectivity index (χ0n) is 16.2. The molecule has 0 radical (unpaired) electrons. The lowest BCUT2D eigenvalue weighted by Gasteiger charge is -2.11. The molecule has 2 aromatic carbocycles. The summed E-state index contributed by atoms with van der Waals surface area (Å²) in [7, 11) is 0. The molecule has 0 aliphatic heterocycles. The zero-order valence-corrected chi connectivity index (χ0v) is 16.2. The number of para-hydroxylation sites is 2. The third-order valence-corrected chi connectivity index (χ3v) is 4.84. The number of carbonyl (C=O) groups is 2. The number of aromatic nitrogens is 1. The Balaban J connectivity index is 1.59. The molecular weight excluding hydrogens is 370 g/mol. The predicted octanol–water partition coefficient (Wildman–Crippen LogP) is 4.88. The fourth-order valence-corrected chi connectivity index (χ4v) is 3.37. The van der Waals surface area contributed by atoms with Crippen molar-refractivity contribution in [3.63, 3.8) is 0 Å². The molecule has 0 aliphatic carbocycles. The van der Waals surface area contributed by atoms with Crippen molar-refractivity contribution in [3.05, 3.63) is 71.6 Å². The minimum Gasteiger partial charge on any atom is -0.449 e. The molecule has 4 aromatic rings. The Kier molecular flexibility index (Phi) is 5.18. The van der Waals surface area contributed by atoms with Crippen molar-refractivity contribution < 1.29 is 23.5 Å². The average Bonchev–Trinajstić information content (AvgIpc) is 3.33. The minimum absolute atomic E-state index is 0.0678. The summed E-state index contributed by atoms with van der Waals surface area (Å²) < 4.78 is 16.7. The largest absolute Gasteiger partial charge is 0.449 e. The van der Waals surface area contributed by atoms with E-state index in [1.54, 1.807) is 19.2 Å². The van der Waals surface area contributed by atoms with Crippen molar-refractivity contribution >= 4 is 33.6 Å². The van der Waals surface area contributed by atoms with E-state index in [1.165, 1.54) is 0 Å². The summed E-state index contributed by atoms with van der Waals surface area (Å²) in [5.74, 6) is -0.895. The number of carbonyl (C=O) groups excluding carboxylic acids is 2. The van der Waals surface area contributed by atoms with Crippen molar-refractivity contribution in [1.82, 2.24) is 4.98 Å². The van der Waals surface area contributed by atoms with E-state index in [-0.39, 0.29) is 18.2 Å². The number of esters is 1. The highest BCUT2D eigenvalue weighted by molar-refractivity contribution is 6.10. The Morgan fingerprint density at radius 1 is 1.07 bits per heavy atom. The van der Waals surface area contributed by atoms with Crippen molar-refractivity contribution in [1.29, 1.82) is 0 Å². The number of benzene rings is 2. The second kappa shape index (κ2) is 7.93.